The first-order valence-electron chi connectivity index (χ1n) is 5.27. The van der Waals surface area contributed by atoms with Crippen LogP contribution in [0.1, 0.15) is 11.1 Å². The Hall–Kier alpha value is -1.19. The third-order valence-electron chi connectivity index (χ3n) is 2.37. The maximum absolute atomic E-state index is 5.83. The molecule has 0 aliphatic carbocycles. The fourth-order valence-electron chi connectivity index (χ4n) is 1.43. The number of anilines is 1. The van der Waals surface area contributed by atoms with E-state index < -0.39 is 0 Å². The summed E-state index contributed by atoms with van der Waals surface area (Å²) in [6.45, 7) is 0. The van der Waals surface area contributed by atoms with Crippen LogP contribution in [0.15, 0.2) is 42.6 Å². The molecule has 0 unspecified atom stereocenters. The van der Waals surface area contributed by atoms with Crippen molar-refractivity contribution in [3.63, 3.8) is 0 Å². The van der Waals surface area contributed by atoms with Crippen LogP contribution in [0.2, 0.25) is 5.02 Å². The topological polar surface area (TPSA) is 38.9 Å². The van der Waals surface area contributed by atoms with Crippen molar-refractivity contribution < 1.29 is 0 Å². The molecule has 0 saturated carbocycles. The molecule has 0 aliphatic rings. The van der Waals surface area contributed by atoms with E-state index in [4.69, 9.17) is 17.3 Å². The number of hydrogen-bond acceptors (Lipinski definition) is 3. The van der Waals surface area contributed by atoms with Crippen molar-refractivity contribution in [2.45, 2.75) is 11.5 Å². The van der Waals surface area contributed by atoms with Gasteiger partial charge in [0, 0.05) is 28.3 Å². The van der Waals surface area contributed by atoms with Crippen LogP contribution in [0.4, 0.5) is 5.82 Å². The summed E-state index contributed by atoms with van der Waals surface area (Å²) in [6, 6.07) is 11.8. The molecule has 0 radical (unpaired) electrons. The van der Waals surface area contributed by atoms with Crippen LogP contribution in [-0.4, -0.2) is 4.98 Å². The summed E-state index contributed by atoms with van der Waals surface area (Å²) in [5.74, 6) is 2.45. The molecule has 1 aromatic carbocycles. The van der Waals surface area contributed by atoms with Gasteiger partial charge >= 0.3 is 0 Å². The number of benzene rings is 1. The molecule has 0 amide bonds. The summed E-state index contributed by atoms with van der Waals surface area (Å²) in [7, 11) is 0. The van der Waals surface area contributed by atoms with Crippen molar-refractivity contribution >= 4 is 29.2 Å². The maximum atomic E-state index is 5.83. The summed E-state index contributed by atoms with van der Waals surface area (Å²) in [4.78, 5) is 4.06. The second-order valence-corrected chi connectivity index (χ2v) is 5.09. The summed E-state index contributed by atoms with van der Waals surface area (Å²) < 4.78 is 0. The first-order valence-corrected chi connectivity index (χ1v) is 6.80. The van der Waals surface area contributed by atoms with Gasteiger partial charge in [0.25, 0.3) is 0 Å². The molecule has 0 atom stereocenters. The number of thioether (sulfide) groups is 1. The van der Waals surface area contributed by atoms with E-state index in [-0.39, 0.29) is 0 Å². The molecule has 1 aromatic heterocycles. The third kappa shape index (κ3) is 3.65. The van der Waals surface area contributed by atoms with Gasteiger partial charge in [0.2, 0.25) is 0 Å². The Kier molecular flexibility index (Phi) is 4.29. The van der Waals surface area contributed by atoms with E-state index >= 15 is 0 Å². The Morgan fingerprint density at radius 3 is 2.59 bits per heavy atom. The van der Waals surface area contributed by atoms with Gasteiger partial charge in [-0.25, -0.2) is 4.98 Å². The molecule has 2 aromatic rings. The van der Waals surface area contributed by atoms with Crippen molar-refractivity contribution in [3.05, 3.63) is 58.7 Å². The van der Waals surface area contributed by atoms with Crippen molar-refractivity contribution in [3.8, 4) is 0 Å². The fraction of sp³-hybridized carbons (Fsp3) is 0.154. The molecule has 0 bridgehead atoms. The van der Waals surface area contributed by atoms with Gasteiger partial charge in [-0.2, -0.15) is 11.8 Å². The highest BCUT2D eigenvalue weighted by Gasteiger charge is 2.00. The molecule has 2 N–H and O–H groups in total. The molecule has 88 valence electrons. The quantitative estimate of drug-likeness (QED) is 0.914. The van der Waals surface area contributed by atoms with Gasteiger partial charge in [0.05, 0.1) is 0 Å². The summed E-state index contributed by atoms with van der Waals surface area (Å²) in [5.41, 5.74) is 8.13. The van der Waals surface area contributed by atoms with Gasteiger partial charge in [-0.05, 0) is 23.8 Å². The molecule has 0 aliphatic heterocycles. The molecule has 0 fully saturated rings. The van der Waals surface area contributed by atoms with Gasteiger partial charge < -0.3 is 5.73 Å². The van der Waals surface area contributed by atoms with Crippen molar-refractivity contribution in [1.82, 2.24) is 4.98 Å². The van der Waals surface area contributed by atoms with Crippen molar-refractivity contribution in [1.29, 1.82) is 0 Å². The number of nitrogens with two attached hydrogens (primary N) is 1. The lowest BCUT2D eigenvalue weighted by molar-refractivity contribution is 1.26. The second-order valence-electron chi connectivity index (χ2n) is 3.67. The van der Waals surface area contributed by atoms with E-state index in [1.54, 1.807) is 6.20 Å². The van der Waals surface area contributed by atoms with E-state index in [0.717, 1.165) is 22.1 Å². The maximum Gasteiger partial charge on any atom is 0.127 e. The lowest BCUT2D eigenvalue weighted by atomic mass is 10.2. The highest BCUT2D eigenvalue weighted by Crippen LogP contribution is 2.21. The fourth-order valence-corrected chi connectivity index (χ4v) is 2.55. The number of nitrogen functional groups attached to an aromatic ring is 1. The van der Waals surface area contributed by atoms with E-state index in [0.29, 0.717) is 5.82 Å². The number of hydrogen-bond donors (Lipinski definition) is 1. The average Bonchev–Trinajstić information content (AvgIpc) is 2.34. The van der Waals surface area contributed by atoms with Crippen LogP contribution in [0.25, 0.3) is 0 Å². The van der Waals surface area contributed by atoms with Crippen LogP contribution in [-0.2, 0) is 11.5 Å². The van der Waals surface area contributed by atoms with Crippen LogP contribution < -0.4 is 5.73 Å². The molecule has 0 saturated heterocycles. The summed E-state index contributed by atoms with van der Waals surface area (Å²) in [5, 5.41) is 0.773. The van der Waals surface area contributed by atoms with Gasteiger partial charge in [0.15, 0.2) is 0 Å². The van der Waals surface area contributed by atoms with E-state index in [1.165, 1.54) is 5.56 Å². The van der Waals surface area contributed by atoms with Crippen LogP contribution >= 0.6 is 23.4 Å². The van der Waals surface area contributed by atoms with E-state index in [2.05, 4.69) is 4.98 Å². The smallest absolute Gasteiger partial charge is 0.127 e. The van der Waals surface area contributed by atoms with Crippen molar-refractivity contribution in [2.75, 3.05) is 5.73 Å². The third-order valence-corrected chi connectivity index (χ3v) is 3.67. The monoisotopic (exact) mass is 264 g/mol. The van der Waals surface area contributed by atoms with E-state index in [1.807, 2.05) is 48.2 Å². The zero-order valence-electron chi connectivity index (χ0n) is 9.27. The number of rotatable bonds is 4. The number of pyridine rings is 1. The molecular weight excluding hydrogens is 252 g/mol. The van der Waals surface area contributed by atoms with Gasteiger partial charge in [-0.3, -0.25) is 0 Å². The predicted molar refractivity (Wildman–Crippen MR) is 75.1 cm³/mol. The van der Waals surface area contributed by atoms with Crippen LogP contribution in [0.3, 0.4) is 0 Å². The lowest BCUT2D eigenvalue weighted by Crippen LogP contribution is -1.95. The zero-order valence-corrected chi connectivity index (χ0v) is 10.8. The zero-order chi connectivity index (χ0) is 12.1. The normalized spacial score (nSPS) is 10.4. The minimum atomic E-state index is 0.621. The molecule has 0 spiro atoms. The second kappa shape index (κ2) is 5.94. The Bertz CT molecular complexity index is 485. The average molecular weight is 265 g/mol. The van der Waals surface area contributed by atoms with Gasteiger partial charge in [-0.1, -0.05) is 29.8 Å². The molecule has 4 heteroatoms. The standard InChI is InChI=1S/C13H13ClN2S/c14-12-5-3-10(4-6-12)8-17-9-11-2-1-7-16-13(11)15/h1-7H,8-9H2,(H2,15,16). The van der Waals surface area contributed by atoms with Crippen LogP contribution in [0, 0.1) is 0 Å². The van der Waals surface area contributed by atoms with Gasteiger partial charge in [-0.15, -0.1) is 0 Å². The largest absolute Gasteiger partial charge is 0.383 e. The highest BCUT2D eigenvalue weighted by molar-refractivity contribution is 7.97. The summed E-state index contributed by atoms with van der Waals surface area (Å²) in [6.07, 6.45) is 1.71. The van der Waals surface area contributed by atoms with Crippen LogP contribution in [0.5, 0.6) is 0 Å². The highest BCUT2D eigenvalue weighted by atomic mass is 35.5. The minimum absolute atomic E-state index is 0.621. The molecule has 1 heterocycles. The van der Waals surface area contributed by atoms with E-state index in [9.17, 15) is 0 Å². The number of nitrogens with zero attached hydrogens (tertiary/aromatic N) is 1. The Morgan fingerprint density at radius 1 is 1.12 bits per heavy atom. The Balaban J connectivity index is 1.88. The Labute approximate surface area is 110 Å². The number of halogens is 1. The number of aromatic nitrogens is 1. The van der Waals surface area contributed by atoms with Gasteiger partial charge in [0.1, 0.15) is 5.82 Å². The lowest BCUT2D eigenvalue weighted by Gasteiger charge is -2.04. The predicted octanol–water partition coefficient (Wildman–Crippen LogP) is 3.75. The van der Waals surface area contributed by atoms with Crippen molar-refractivity contribution in [2.24, 2.45) is 0 Å². The first kappa shape index (κ1) is 12.3. The molecular formula is C13H13ClN2S. The molecule has 17 heavy (non-hydrogen) atoms. The molecule has 2 rings (SSSR count). The Morgan fingerprint density at radius 2 is 1.88 bits per heavy atom. The first-order chi connectivity index (χ1) is 8.25. The SMILES string of the molecule is Nc1ncccc1CSCc1ccc(Cl)cc1. The minimum Gasteiger partial charge on any atom is -0.383 e. The molecule has 2 nitrogen and oxygen atoms in total. The summed E-state index contributed by atoms with van der Waals surface area (Å²) >= 11 is 7.65.